The summed E-state index contributed by atoms with van der Waals surface area (Å²) < 4.78 is 10.9. The quantitative estimate of drug-likeness (QED) is 0.543. The van der Waals surface area contributed by atoms with Crippen LogP contribution in [0.1, 0.15) is 5.56 Å². The van der Waals surface area contributed by atoms with Crippen LogP contribution in [0.3, 0.4) is 0 Å². The highest BCUT2D eigenvalue weighted by Gasteiger charge is 2.17. The van der Waals surface area contributed by atoms with Gasteiger partial charge in [0, 0.05) is 24.3 Å². The number of carbonyl (C=O) groups excluding carboxylic acids is 2. The molecule has 1 saturated heterocycles. The molecule has 1 aliphatic rings. The topological polar surface area (TPSA) is 89.5 Å². The minimum Gasteiger partial charge on any atom is -0.483 e. The molecule has 2 aromatic rings. The molecule has 0 spiro atoms. The fourth-order valence-electron chi connectivity index (χ4n) is 2.67. The van der Waals surface area contributed by atoms with Gasteiger partial charge in [-0.3, -0.25) is 9.59 Å². The molecule has 8 heteroatoms. The predicted molar refractivity (Wildman–Crippen MR) is 108 cm³/mol. The molecule has 2 amide bonds. The van der Waals surface area contributed by atoms with Crippen LogP contribution >= 0.6 is 0 Å². The Kier molecular flexibility index (Phi) is 7.59. The third-order valence-electron chi connectivity index (χ3n) is 4.15. The van der Waals surface area contributed by atoms with E-state index >= 15 is 0 Å². The van der Waals surface area contributed by atoms with E-state index in [4.69, 9.17) is 14.3 Å². The first-order chi connectivity index (χ1) is 14.2. The minimum atomic E-state index is -0.311. The average molecular weight is 397 g/mol. The van der Waals surface area contributed by atoms with E-state index < -0.39 is 0 Å². The third-order valence-corrected chi connectivity index (χ3v) is 4.15. The van der Waals surface area contributed by atoms with Gasteiger partial charge in [0.1, 0.15) is 5.75 Å². The molecule has 0 aliphatic carbocycles. The van der Waals surface area contributed by atoms with Crippen molar-refractivity contribution in [2.75, 3.05) is 44.8 Å². The number of benzene rings is 2. The van der Waals surface area contributed by atoms with Gasteiger partial charge < -0.3 is 24.5 Å². The van der Waals surface area contributed by atoms with Crippen molar-refractivity contribution in [2.45, 2.75) is 0 Å². The number of ether oxygens (including phenoxy) is 2. The summed E-state index contributed by atoms with van der Waals surface area (Å²) in [5, 5.41) is 6.53. The standard InChI is InChI=1S/C21H23N3O5/c25-20(23-18-7-2-1-3-8-18)15-29-22-14-17-6-4-5-9-19(17)28-16-21(26)24-10-12-27-13-11-24/h1-9,14H,10-13,15-16H2,(H,23,25). The summed E-state index contributed by atoms with van der Waals surface area (Å²) in [6.45, 7) is 1.96. The number of oxime groups is 1. The number of amides is 2. The normalized spacial score (nSPS) is 13.9. The van der Waals surface area contributed by atoms with Gasteiger partial charge in [-0.15, -0.1) is 0 Å². The van der Waals surface area contributed by atoms with Crippen LogP contribution < -0.4 is 10.1 Å². The fourth-order valence-corrected chi connectivity index (χ4v) is 2.67. The van der Waals surface area contributed by atoms with E-state index in [-0.39, 0.29) is 25.0 Å². The van der Waals surface area contributed by atoms with E-state index in [9.17, 15) is 9.59 Å². The van der Waals surface area contributed by atoms with E-state index in [2.05, 4.69) is 10.5 Å². The van der Waals surface area contributed by atoms with Crippen molar-refractivity contribution in [1.82, 2.24) is 4.90 Å². The lowest BCUT2D eigenvalue weighted by Crippen LogP contribution is -2.43. The summed E-state index contributed by atoms with van der Waals surface area (Å²) in [7, 11) is 0. The van der Waals surface area contributed by atoms with Crippen molar-refractivity contribution >= 4 is 23.7 Å². The Bertz CT molecular complexity index is 835. The Balaban J connectivity index is 1.46. The zero-order valence-corrected chi connectivity index (χ0v) is 16.0. The molecule has 0 atom stereocenters. The molecule has 152 valence electrons. The van der Waals surface area contributed by atoms with E-state index in [1.54, 1.807) is 35.2 Å². The summed E-state index contributed by atoms with van der Waals surface area (Å²) in [5.41, 5.74) is 1.33. The van der Waals surface area contributed by atoms with Gasteiger partial charge >= 0.3 is 0 Å². The molecule has 8 nitrogen and oxygen atoms in total. The number of morpholine rings is 1. The van der Waals surface area contributed by atoms with Gasteiger partial charge in [-0.05, 0) is 24.3 Å². The molecule has 2 aromatic carbocycles. The van der Waals surface area contributed by atoms with Crippen LogP contribution in [0.15, 0.2) is 59.8 Å². The second kappa shape index (κ2) is 10.8. The molecule has 0 unspecified atom stereocenters. The number of para-hydroxylation sites is 2. The Hall–Kier alpha value is -3.39. The minimum absolute atomic E-state index is 0.0643. The number of nitrogens with one attached hydrogen (secondary N) is 1. The second-order valence-electron chi connectivity index (χ2n) is 6.24. The van der Waals surface area contributed by atoms with Crippen molar-refractivity contribution in [3.8, 4) is 5.75 Å². The maximum Gasteiger partial charge on any atom is 0.265 e. The molecular weight excluding hydrogens is 374 g/mol. The molecule has 0 saturated carbocycles. The summed E-state index contributed by atoms with van der Waals surface area (Å²) in [4.78, 5) is 30.8. The smallest absolute Gasteiger partial charge is 0.265 e. The Morgan fingerprint density at radius 2 is 1.76 bits per heavy atom. The van der Waals surface area contributed by atoms with Crippen molar-refractivity contribution in [1.29, 1.82) is 0 Å². The molecule has 1 fully saturated rings. The zero-order valence-electron chi connectivity index (χ0n) is 16.0. The zero-order chi connectivity index (χ0) is 20.3. The van der Waals surface area contributed by atoms with Gasteiger partial charge in [0.2, 0.25) is 0 Å². The SMILES string of the molecule is O=C(CON=Cc1ccccc1OCC(=O)N1CCOCC1)Nc1ccccc1. The Morgan fingerprint density at radius 3 is 2.55 bits per heavy atom. The molecule has 1 N–H and O–H groups in total. The predicted octanol–water partition coefficient (Wildman–Crippen LogP) is 1.91. The van der Waals surface area contributed by atoms with Crippen molar-refractivity contribution in [3.05, 3.63) is 60.2 Å². The van der Waals surface area contributed by atoms with Crippen LogP contribution in [0.2, 0.25) is 0 Å². The van der Waals surface area contributed by atoms with Crippen molar-refractivity contribution < 1.29 is 23.9 Å². The molecular formula is C21H23N3O5. The molecule has 0 bridgehead atoms. The molecule has 3 rings (SSSR count). The maximum atomic E-state index is 12.2. The van der Waals surface area contributed by atoms with E-state index in [0.717, 1.165) is 0 Å². The van der Waals surface area contributed by atoms with E-state index in [1.807, 2.05) is 24.3 Å². The fraction of sp³-hybridized carbons (Fsp3) is 0.286. The average Bonchev–Trinajstić information content (AvgIpc) is 2.77. The number of anilines is 1. The number of carbonyl (C=O) groups is 2. The molecule has 0 radical (unpaired) electrons. The molecule has 1 aliphatic heterocycles. The first kappa shape index (κ1) is 20.3. The van der Waals surface area contributed by atoms with Crippen LogP contribution in [0.25, 0.3) is 0 Å². The highest BCUT2D eigenvalue weighted by atomic mass is 16.6. The number of hydrogen-bond donors (Lipinski definition) is 1. The van der Waals surface area contributed by atoms with Crippen molar-refractivity contribution in [2.24, 2.45) is 5.16 Å². The first-order valence-corrected chi connectivity index (χ1v) is 9.30. The van der Waals surface area contributed by atoms with E-state index in [1.165, 1.54) is 6.21 Å². The highest BCUT2D eigenvalue weighted by molar-refractivity contribution is 5.91. The number of rotatable bonds is 8. The van der Waals surface area contributed by atoms with Crippen molar-refractivity contribution in [3.63, 3.8) is 0 Å². The number of nitrogens with zero attached hydrogens (tertiary/aromatic N) is 2. The monoisotopic (exact) mass is 397 g/mol. The lowest BCUT2D eigenvalue weighted by atomic mass is 10.2. The van der Waals surface area contributed by atoms with Gasteiger partial charge in [0.25, 0.3) is 11.8 Å². The Labute approximate surface area is 169 Å². The highest BCUT2D eigenvalue weighted by Crippen LogP contribution is 2.16. The maximum absolute atomic E-state index is 12.2. The lowest BCUT2D eigenvalue weighted by molar-refractivity contribution is -0.137. The Morgan fingerprint density at radius 1 is 1.03 bits per heavy atom. The van der Waals surface area contributed by atoms with Crippen LogP contribution in [-0.2, 0) is 19.2 Å². The summed E-state index contributed by atoms with van der Waals surface area (Å²) in [6, 6.07) is 16.2. The summed E-state index contributed by atoms with van der Waals surface area (Å²) >= 11 is 0. The first-order valence-electron chi connectivity index (χ1n) is 9.30. The summed E-state index contributed by atoms with van der Waals surface area (Å²) in [6.07, 6.45) is 1.45. The number of hydrogen-bond acceptors (Lipinski definition) is 6. The molecule has 29 heavy (non-hydrogen) atoms. The molecule has 0 aromatic heterocycles. The van der Waals surface area contributed by atoms with Gasteiger partial charge in [-0.1, -0.05) is 35.5 Å². The largest absolute Gasteiger partial charge is 0.483 e. The van der Waals surface area contributed by atoms with Gasteiger partial charge in [-0.25, -0.2) is 0 Å². The van der Waals surface area contributed by atoms with Gasteiger partial charge in [0.15, 0.2) is 13.2 Å². The van der Waals surface area contributed by atoms with Crippen LogP contribution in [0.5, 0.6) is 5.75 Å². The summed E-state index contributed by atoms with van der Waals surface area (Å²) in [5.74, 6) is 0.109. The molecule has 1 heterocycles. The third kappa shape index (κ3) is 6.62. The van der Waals surface area contributed by atoms with Gasteiger partial charge in [0.05, 0.1) is 19.4 Å². The van der Waals surface area contributed by atoms with Crippen LogP contribution in [0.4, 0.5) is 5.69 Å². The lowest BCUT2D eigenvalue weighted by Gasteiger charge is -2.26. The van der Waals surface area contributed by atoms with Gasteiger partial charge in [-0.2, -0.15) is 0 Å². The second-order valence-corrected chi connectivity index (χ2v) is 6.24. The van der Waals surface area contributed by atoms with Crippen LogP contribution in [-0.4, -0.2) is 62.4 Å². The van der Waals surface area contributed by atoms with E-state index in [0.29, 0.717) is 43.3 Å². The van der Waals surface area contributed by atoms with Crippen LogP contribution in [0, 0.1) is 0 Å².